The lowest BCUT2D eigenvalue weighted by molar-refractivity contribution is 0.0946. The number of rotatable bonds is 5. The number of likely N-dealkylation sites (tertiary alicyclic amines) is 1. The van der Waals surface area contributed by atoms with Crippen LogP contribution in [0, 0.1) is 6.92 Å². The Kier molecular flexibility index (Phi) is 5.81. The molecule has 1 N–H and O–H groups in total. The van der Waals surface area contributed by atoms with Crippen LogP contribution in [-0.4, -0.2) is 39.8 Å². The summed E-state index contributed by atoms with van der Waals surface area (Å²) < 4.78 is 2.21. The predicted molar refractivity (Wildman–Crippen MR) is 108 cm³/mol. The highest BCUT2D eigenvalue weighted by Crippen LogP contribution is 2.29. The summed E-state index contributed by atoms with van der Waals surface area (Å²) in [7, 11) is 0. The molecular formula is C19H26IN3O. The fourth-order valence-corrected chi connectivity index (χ4v) is 4.74. The maximum atomic E-state index is 12.5. The molecule has 0 bridgehead atoms. The number of halogens is 1. The van der Waals surface area contributed by atoms with Crippen LogP contribution in [-0.2, 0) is 6.42 Å². The van der Waals surface area contributed by atoms with Crippen LogP contribution in [0.4, 0.5) is 0 Å². The first-order valence-corrected chi connectivity index (χ1v) is 9.89. The molecule has 1 saturated heterocycles. The number of carbonyl (C=O) groups excluding carboxylic acids is 1. The van der Waals surface area contributed by atoms with Crippen LogP contribution in [0.5, 0.6) is 0 Å². The number of piperidine rings is 1. The Labute approximate surface area is 158 Å². The molecule has 0 aliphatic carbocycles. The molecule has 2 heterocycles. The minimum atomic E-state index is 0.0348. The third-order valence-electron chi connectivity index (χ3n) is 5.04. The molecule has 1 fully saturated rings. The predicted octanol–water partition coefficient (Wildman–Crippen LogP) is 3.93. The Bertz CT molecular complexity index is 732. The Balaban J connectivity index is 1.67. The van der Waals surface area contributed by atoms with Gasteiger partial charge in [0.25, 0.3) is 5.91 Å². The third-order valence-corrected chi connectivity index (χ3v) is 6.14. The molecule has 24 heavy (non-hydrogen) atoms. The van der Waals surface area contributed by atoms with Crippen LogP contribution >= 0.6 is 22.9 Å². The molecular weight excluding hydrogens is 413 g/mol. The van der Waals surface area contributed by atoms with Gasteiger partial charge < -0.3 is 10.2 Å². The summed E-state index contributed by atoms with van der Waals surface area (Å²) in [5.74, 6) is 0.0348. The Hall–Kier alpha value is -1.08. The lowest BCUT2D eigenvalue weighted by Crippen LogP contribution is -2.37. The van der Waals surface area contributed by atoms with Gasteiger partial charge >= 0.3 is 0 Å². The summed E-state index contributed by atoms with van der Waals surface area (Å²) in [6, 6.07) is 6.04. The summed E-state index contributed by atoms with van der Waals surface area (Å²) in [5.41, 5.74) is 4.56. The first kappa shape index (κ1) is 17.7. The number of aromatic nitrogens is 1. The number of fused-ring (bicyclic) bond motifs is 1. The quantitative estimate of drug-likeness (QED) is 0.718. The van der Waals surface area contributed by atoms with Crippen LogP contribution < -0.4 is 5.32 Å². The molecule has 1 aromatic heterocycles. The van der Waals surface area contributed by atoms with E-state index in [-0.39, 0.29) is 5.91 Å². The summed E-state index contributed by atoms with van der Waals surface area (Å²) in [6.45, 7) is 8.34. The van der Waals surface area contributed by atoms with E-state index < -0.39 is 0 Å². The molecule has 0 spiro atoms. The van der Waals surface area contributed by atoms with E-state index in [0.717, 1.165) is 25.1 Å². The molecule has 0 saturated carbocycles. The van der Waals surface area contributed by atoms with Crippen molar-refractivity contribution >= 4 is 39.7 Å². The Morgan fingerprint density at radius 2 is 2.00 bits per heavy atom. The minimum Gasteiger partial charge on any atom is -0.351 e. The van der Waals surface area contributed by atoms with Gasteiger partial charge in [0.05, 0.1) is 28.4 Å². The monoisotopic (exact) mass is 439 g/mol. The highest BCUT2D eigenvalue weighted by Gasteiger charge is 2.14. The molecule has 1 aliphatic rings. The molecule has 130 valence electrons. The van der Waals surface area contributed by atoms with E-state index >= 15 is 0 Å². The van der Waals surface area contributed by atoms with Crippen LogP contribution in [0.3, 0.4) is 0 Å². The van der Waals surface area contributed by atoms with Gasteiger partial charge in [-0.25, -0.2) is 0 Å². The van der Waals surface area contributed by atoms with Gasteiger partial charge in [-0.3, -0.25) is 7.58 Å². The summed E-state index contributed by atoms with van der Waals surface area (Å²) in [6.07, 6.45) is 4.92. The highest BCUT2D eigenvalue weighted by atomic mass is 127. The average molecular weight is 439 g/mol. The lowest BCUT2D eigenvalue weighted by Gasteiger charge is -2.26. The van der Waals surface area contributed by atoms with Gasteiger partial charge in [0.1, 0.15) is 0 Å². The van der Waals surface area contributed by atoms with Gasteiger partial charge in [-0.05, 0) is 63.0 Å². The molecule has 1 aromatic carbocycles. The largest absolute Gasteiger partial charge is 0.351 e. The standard InChI is InChI=1S/C19H26IN3O/c1-3-17-14(2)16-13-15(7-8-18(16)23(17)20)19(24)21-9-12-22-10-5-4-6-11-22/h7-8,13H,3-6,9-12H2,1-2H3,(H,21,24). The average Bonchev–Trinajstić information content (AvgIpc) is 2.85. The first-order valence-electron chi connectivity index (χ1n) is 8.92. The van der Waals surface area contributed by atoms with E-state index in [2.05, 4.69) is 55.8 Å². The van der Waals surface area contributed by atoms with Gasteiger partial charge in [-0.1, -0.05) is 13.3 Å². The molecule has 1 aliphatic heterocycles. The van der Waals surface area contributed by atoms with E-state index in [1.807, 2.05) is 12.1 Å². The second kappa shape index (κ2) is 7.87. The molecule has 0 radical (unpaired) electrons. The van der Waals surface area contributed by atoms with E-state index in [9.17, 15) is 4.79 Å². The van der Waals surface area contributed by atoms with Crippen LogP contribution in [0.15, 0.2) is 18.2 Å². The SMILES string of the molecule is CCc1c(C)c2cc(C(=O)NCCN3CCCCC3)ccc2n1I. The van der Waals surface area contributed by atoms with E-state index in [1.165, 1.54) is 54.5 Å². The number of hydrogen-bond acceptors (Lipinski definition) is 2. The summed E-state index contributed by atoms with van der Waals surface area (Å²) in [4.78, 5) is 14.9. The van der Waals surface area contributed by atoms with E-state index in [4.69, 9.17) is 0 Å². The fraction of sp³-hybridized carbons (Fsp3) is 0.526. The minimum absolute atomic E-state index is 0.0348. The van der Waals surface area contributed by atoms with Crippen molar-refractivity contribution in [1.82, 2.24) is 13.0 Å². The first-order chi connectivity index (χ1) is 11.6. The van der Waals surface area contributed by atoms with Crippen molar-refractivity contribution in [2.75, 3.05) is 26.2 Å². The Morgan fingerprint density at radius 1 is 1.25 bits per heavy atom. The molecule has 3 rings (SSSR count). The van der Waals surface area contributed by atoms with Crippen molar-refractivity contribution in [2.24, 2.45) is 0 Å². The van der Waals surface area contributed by atoms with Crippen LogP contribution in [0.1, 0.15) is 47.8 Å². The van der Waals surface area contributed by atoms with Crippen molar-refractivity contribution in [2.45, 2.75) is 39.5 Å². The number of aryl methyl sites for hydroxylation is 1. The zero-order valence-corrected chi connectivity index (χ0v) is 16.7. The number of hydrogen-bond donors (Lipinski definition) is 1. The van der Waals surface area contributed by atoms with Crippen LogP contribution in [0.25, 0.3) is 10.9 Å². The maximum absolute atomic E-state index is 12.5. The summed E-state index contributed by atoms with van der Waals surface area (Å²) >= 11 is 2.35. The van der Waals surface area contributed by atoms with Crippen molar-refractivity contribution < 1.29 is 4.79 Å². The molecule has 4 nitrogen and oxygen atoms in total. The van der Waals surface area contributed by atoms with Crippen molar-refractivity contribution in [3.05, 3.63) is 35.0 Å². The molecule has 5 heteroatoms. The number of nitrogens with one attached hydrogen (secondary N) is 1. The van der Waals surface area contributed by atoms with Gasteiger partial charge in [-0.15, -0.1) is 0 Å². The van der Waals surface area contributed by atoms with Crippen molar-refractivity contribution in [3.63, 3.8) is 0 Å². The smallest absolute Gasteiger partial charge is 0.251 e. The van der Waals surface area contributed by atoms with E-state index in [0.29, 0.717) is 0 Å². The van der Waals surface area contributed by atoms with Crippen molar-refractivity contribution in [3.8, 4) is 0 Å². The molecule has 0 atom stereocenters. The van der Waals surface area contributed by atoms with Gasteiger partial charge in [-0.2, -0.15) is 0 Å². The maximum Gasteiger partial charge on any atom is 0.251 e. The highest BCUT2D eigenvalue weighted by molar-refractivity contribution is 14.1. The topological polar surface area (TPSA) is 37.3 Å². The normalized spacial score (nSPS) is 15.8. The zero-order chi connectivity index (χ0) is 17.1. The zero-order valence-electron chi connectivity index (χ0n) is 14.6. The molecule has 1 amide bonds. The number of carbonyl (C=O) groups is 1. The van der Waals surface area contributed by atoms with Gasteiger partial charge in [0.2, 0.25) is 0 Å². The number of benzene rings is 1. The molecule has 2 aromatic rings. The number of amides is 1. The Morgan fingerprint density at radius 3 is 2.71 bits per heavy atom. The second-order valence-electron chi connectivity index (χ2n) is 6.60. The lowest BCUT2D eigenvalue weighted by atomic mass is 10.1. The fourth-order valence-electron chi connectivity index (χ4n) is 3.61. The van der Waals surface area contributed by atoms with Crippen LogP contribution in [0.2, 0.25) is 0 Å². The number of nitrogens with zero attached hydrogens (tertiary/aromatic N) is 2. The van der Waals surface area contributed by atoms with Gasteiger partial charge in [0.15, 0.2) is 0 Å². The summed E-state index contributed by atoms with van der Waals surface area (Å²) in [5, 5.41) is 4.26. The molecule has 0 unspecified atom stereocenters. The van der Waals surface area contributed by atoms with Crippen molar-refractivity contribution in [1.29, 1.82) is 0 Å². The third kappa shape index (κ3) is 3.61. The second-order valence-corrected chi connectivity index (χ2v) is 7.56. The van der Waals surface area contributed by atoms with Gasteiger partial charge in [0, 0.05) is 29.7 Å². The van der Waals surface area contributed by atoms with E-state index in [1.54, 1.807) is 0 Å².